The van der Waals surface area contributed by atoms with Crippen molar-refractivity contribution in [3.8, 4) is 5.75 Å². The number of aryl methyl sites for hydroxylation is 1. The van der Waals surface area contributed by atoms with Gasteiger partial charge in [-0.1, -0.05) is 0 Å². The zero-order chi connectivity index (χ0) is 14.4. The Hall–Kier alpha value is -1.66. The quantitative estimate of drug-likeness (QED) is 0.605. The van der Waals surface area contributed by atoms with Crippen molar-refractivity contribution in [2.45, 2.75) is 33.0 Å². The highest BCUT2D eigenvalue weighted by Crippen LogP contribution is 2.23. The lowest BCUT2D eigenvalue weighted by Crippen LogP contribution is -2.25. The summed E-state index contributed by atoms with van der Waals surface area (Å²) in [5.74, 6) is 0.362. The number of nitrogens with zero attached hydrogens (tertiary/aromatic N) is 1. The van der Waals surface area contributed by atoms with Gasteiger partial charge in [0.05, 0.1) is 23.7 Å². The van der Waals surface area contributed by atoms with Crippen LogP contribution >= 0.6 is 0 Å². The average Bonchev–Trinajstić information content (AvgIpc) is 2.35. The number of benzene rings is 1. The number of hydrogen-bond acceptors (Lipinski definition) is 5. The van der Waals surface area contributed by atoms with Crippen LogP contribution in [-0.4, -0.2) is 35.5 Å². The standard InChI is InChI=1S/C13H19NO5/c1-9(2)18-7-11(15)8-19-12-5-4-10(3)13(6-12)14(16)17/h4-6,9,11,15H,7-8H2,1-3H3. The van der Waals surface area contributed by atoms with Crippen LogP contribution in [0.1, 0.15) is 19.4 Å². The molecule has 6 heteroatoms. The maximum atomic E-state index is 10.8. The van der Waals surface area contributed by atoms with Gasteiger partial charge in [-0.05, 0) is 32.9 Å². The van der Waals surface area contributed by atoms with Gasteiger partial charge in [0, 0.05) is 5.56 Å². The van der Waals surface area contributed by atoms with Gasteiger partial charge in [0.15, 0.2) is 0 Å². The van der Waals surface area contributed by atoms with Crippen molar-refractivity contribution in [1.82, 2.24) is 0 Å². The molecule has 0 bridgehead atoms. The van der Waals surface area contributed by atoms with Gasteiger partial charge in [-0.25, -0.2) is 0 Å². The monoisotopic (exact) mass is 269 g/mol. The van der Waals surface area contributed by atoms with Gasteiger partial charge >= 0.3 is 0 Å². The van der Waals surface area contributed by atoms with Crippen LogP contribution in [0.5, 0.6) is 5.75 Å². The van der Waals surface area contributed by atoms with Gasteiger partial charge in [-0.2, -0.15) is 0 Å². The van der Waals surface area contributed by atoms with Crippen molar-refractivity contribution in [3.63, 3.8) is 0 Å². The molecule has 0 radical (unpaired) electrons. The Morgan fingerprint density at radius 3 is 2.63 bits per heavy atom. The molecule has 0 saturated heterocycles. The summed E-state index contributed by atoms with van der Waals surface area (Å²) in [5.41, 5.74) is 0.575. The maximum Gasteiger partial charge on any atom is 0.276 e. The SMILES string of the molecule is Cc1ccc(OCC(O)COC(C)C)cc1[N+](=O)[O-]. The largest absolute Gasteiger partial charge is 0.491 e. The van der Waals surface area contributed by atoms with E-state index in [2.05, 4.69) is 0 Å². The highest BCUT2D eigenvalue weighted by atomic mass is 16.6. The molecule has 106 valence electrons. The molecule has 0 fully saturated rings. The van der Waals surface area contributed by atoms with Gasteiger partial charge in [0.1, 0.15) is 18.5 Å². The molecule has 1 rings (SSSR count). The molecule has 19 heavy (non-hydrogen) atoms. The van der Waals surface area contributed by atoms with Crippen LogP contribution in [0.2, 0.25) is 0 Å². The smallest absolute Gasteiger partial charge is 0.276 e. The number of nitro benzene ring substituents is 1. The van der Waals surface area contributed by atoms with Crippen LogP contribution in [0.25, 0.3) is 0 Å². The summed E-state index contributed by atoms with van der Waals surface area (Å²) < 4.78 is 10.5. The van der Waals surface area contributed by atoms with E-state index >= 15 is 0 Å². The Balaban J connectivity index is 2.54. The van der Waals surface area contributed by atoms with Crippen molar-refractivity contribution in [2.75, 3.05) is 13.2 Å². The summed E-state index contributed by atoms with van der Waals surface area (Å²) in [6, 6.07) is 4.61. The molecule has 1 aromatic rings. The molecule has 0 aliphatic rings. The molecule has 1 atom stereocenters. The first-order valence-electron chi connectivity index (χ1n) is 6.07. The Morgan fingerprint density at radius 1 is 1.37 bits per heavy atom. The van der Waals surface area contributed by atoms with E-state index < -0.39 is 11.0 Å². The molecule has 1 aromatic carbocycles. The first-order valence-corrected chi connectivity index (χ1v) is 6.07. The number of hydrogen-bond donors (Lipinski definition) is 1. The minimum absolute atomic E-state index is 0.00502. The summed E-state index contributed by atoms with van der Waals surface area (Å²) in [6.45, 7) is 5.61. The zero-order valence-corrected chi connectivity index (χ0v) is 11.3. The summed E-state index contributed by atoms with van der Waals surface area (Å²) >= 11 is 0. The first kappa shape index (κ1) is 15.4. The van der Waals surface area contributed by atoms with E-state index in [1.807, 2.05) is 13.8 Å². The predicted octanol–water partition coefficient (Wildman–Crippen LogP) is 2.07. The van der Waals surface area contributed by atoms with E-state index in [0.717, 1.165) is 0 Å². The molecule has 1 N–H and O–H groups in total. The number of nitro groups is 1. The van der Waals surface area contributed by atoms with Gasteiger partial charge < -0.3 is 14.6 Å². The van der Waals surface area contributed by atoms with Crippen LogP contribution in [0.15, 0.2) is 18.2 Å². The van der Waals surface area contributed by atoms with E-state index in [0.29, 0.717) is 11.3 Å². The van der Waals surface area contributed by atoms with Crippen molar-refractivity contribution in [3.05, 3.63) is 33.9 Å². The summed E-state index contributed by atoms with van der Waals surface area (Å²) in [5, 5.41) is 20.4. The number of aliphatic hydroxyl groups is 1. The molecule has 0 aliphatic carbocycles. The third-order valence-corrected chi connectivity index (χ3v) is 2.44. The van der Waals surface area contributed by atoms with Crippen LogP contribution in [0, 0.1) is 17.0 Å². The second kappa shape index (κ2) is 7.06. The van der Waals surface area contributed by atoms with E-state index in [9.17, 15) is 15.2 Å². The normalized spacial score (nSPS) is 12.5. The van der Waals surface area contributed by atoms with Crippen molar-refractivity contribution >= 4 is 5.69 Å². The number of aliphatic hydroxyl groups excluding tert-OH is 1. The second-order valence-corrected chi connectivity index (χ2v) is 4.55. The molecule has 6 nitrogen and oxygen atoms in total. The first-order chi connectivity index (χ1) is 8.90. The average molecular weight is 269 g/mol. The van der Waals surface area contributed by atoms with E-state index in [1.54, 1.807) is 19.1 Å². The Morgan fingerprint density at radius 2 is 2.05 bits per heavy atom. The third-order valence-electron chi connectivity index (χ3n) is 2.44. The van der Waals surface area contributed by atoms with Crippen molar-refractivity contribution in [2.24, 2.45) is 0 Å². The predicted molar refractivity (Wildman–Crippen MR) is 70.4 cm³/mol. The highest BCUT2D eigenvalue weighted by molar-refractivity contribution is 5.45. The molecule has 0 saturated carbocycles. The van der Waals surface area contributed by atoms with Crippen molar-refractivity contribution in [1.29, 1.82) is 0 Å². The fraction of sp³-hybridized carbons (Fsp3) is 0.538. The van der Waals surface area contributed by atoms with E-state index in [-0.39, 0.29) is 25.0 Å². The molecule has 1 unspecified atom stereocenters. The lowest BCUT2D eigenvalue weighted by Gasteiger charge is -2.14. The van der Waals surface area contributed by atoms with E-state index in [1.165, 1.54) is 6.07 Å². The topological polar surface area (TPSA) is 81.8 Å². The summed E-state index contributed by atoms with van der Waals surface area (Å²) in [7, 11) is 0. The molecular formula is C13H19NO5. The van der Waals surface area contributed by atoms with Gasteiger partial charge in [-0.3, -0.25) is 10.1 Å². The fourth-order valence-electron chi connectivity index (χ4n) is 1.42. The zero-order valence-electron chi connectivity index (χ0n) is 11.3. The van der Waals surface area contributed by atoms with E-state index in [4.69, 9.17) is 9.47 Å². The molecule has 0 spiro atoms. The molecule has 0 amide bonds. The number of ether oxygens (including phenoxy) is 2. The lowest BCUT2D eigenvalue weighted by atomic mass is 10.2. The number of rotatable bonds is 7. The minimum Gasteiger partial charge on any atom is -0.491 e. The van der Waals surface area contributed by atoms with Crippen molar-refractivity contribution < 1.29 is 19.5 Å². The second-order valence-electron chi connectivity index (χ2n) is 4.55. The Labute approximate surface area is 112 Å². The Kier molecular flexibility index (Phi) is 5.72. The lowest BCUT2D eigenvalue weighted by molar-refractivity contribution is -0.385. The molecule has 0 aliphatic heterocycles. The maximum absolute atomic E-state index is 10.8. The van der Waals surface area contributed by atoms with Gasteiger partial charge in [0.25, 0.3) is 5.69 Å². The highest BCUT2D eigenvalue weighted by Gasteiger charge is 2.13. The van der Waals surface area contributed by atoms with Crippen LogP contribution < -0.4 is 4.74 Å². The van der Waals surface area contributed by atoms with Gasteiger partial charge in [0.2, 0.25) is 0 Å². The molecule has 0 aromatic heterocycles. The summed E-state index contributed by atoms with van der Waals surface area (Å²) in [6.07, 6.45) is -0.724. The van der Waals surface area contributed by atoms with Crippen LogP contribution in [0.3, 0.4) is 0 Å². The van der Waals surface area contributed by atoms with Crippen LogP contribution in [-0.2, 0) is 4.74 Å². The molecule has 0 heterocycles. The molecular weight excluding hydrogens is 250 g/mol. The minimum atomic E-state index is -0.761. The fourth-order valence-corrected chi connectivity index (χ4v) is 1.42. The van der Waals surface area contributed by atoms with Crippen LogP contribution in [0.4, 0.5) is 5.69 Å². The third kappa shape index (κ3) is 5.23. The summed E-state index contributed by atoms with van der Waals surface area (Å²) in [4.78, 5) is 10.3. The van der Waals surface area contributed by atoms with Gasteiger partial charge in [-0.15, -0.1) is 0 Å². The Bertz CT molecular complexity index is 433.